The topological polar surface area (TPSA) is 143 Å². The molecule has 322 valence electrons. The molecule has 0 spiro atoms. The molecule has 4 rings (SSSR count). The first kappa shape index (κ1) is 51.0. The van der Waals surface area contributed by atoms with Crippen molar-refractivity contribution in [2.45, 2.75) is 184 Å². The van der Waals surface area contributed by atoms with Gasteiger partial charge >= 0.3 is 0 Å². The van der Waals surface area contributed by atoms with Crippen molar-refractivity contribution in [1.82, 2.24) is 16.0 Å². The highest BCUT2D eigenvalue weighted by molar-refractivity contribution is 5.78. The molecule has 4 aliphatic rings. The molecule has 3 saturated carbocycles. The van der Waals surface area contributed by atoms with Crippen LogP contribution in [0.1, 0.15) is 172 Å². The molecule has 7 unspecified atom stereocenters. The molecular weight excluding hydrogens is 689 g/mol. The van der Waals surface area contributed by atoms with E-state index >= 15 is 0 Å². The summed E-state index contributed by atoms with van der Waals surface area (Å²) < 4.78 is 6.09. The number of allylic oxidation sites excluding steroid dienone is 1. The van der Waals surface area contributed by atoms with Gasteiger partial charge in [0, 0.05) is 13.0 Å². The van der Waals surface area contributed by atoms with Gasteiger partial charge < -0.3 is 31.5 Å². The normalized spacial score (nSPS) is 28.1. The average molecular weight is 777 g/mol. The number of primary amides is 1. The Balaban J connectivity index is 0.000000660. The number of unbranched alkanes of at least 4 members (excludes halogenated alkanes) is 2. The number of carbonyl (C=O) groups is 3. The van der Waals surface area contributed by atoms with Gasteiger partial charge in [-0.15, -0.1) is 0 Å². The summed E-state index contributed by atoms with van der Waals surface area (Å²) in [5.74, 6) is 4.59. The molecule has 6 N–H and O–H groups in total. The molecule has 0 radical (unpaired) electrons. The van der Waals surface area contributed by atoms with Gasteiger partial charge in [0.1, 0.15) is 6.61 Å². The average Bonchev–Trinajstić information content (AvgIpc) is 3.46. The van der Waals surface area contributed by atoms with Gasteiger partial charge in [0.05, 0.1) is 24.8 Å². The molecule has 0 heterocycles. The first-order valence-electron chi connectivity index (χ1n) is 22.3. The SMILES string of the molecule is CC.CC(C)CCCCC1CCC2C3CC=C4CC(OCC(=O)NC(C)(C)CO)CCC4(C)C3CCC12C.CCCCNC(=O)CC(C)C.CNCC(N)=O. The summed E-state index contributed by atoms with van der Waals surface area (Å²) in [6, 6.07) is 0. The van der Waals surface area contributed by atoms with Crippen molar-refractivity contribution in [2.24, 2.45) is 52.1 Å². The van der Waals surface area contributed by atoms with E-state index in [9.17, 15) is 19.5 Å². The molecule has 0 aromatic heterocycles. The Bertz CT molecular complexity index is 1160. The van der Waals surface area contributed by atoms with E-state index in [0.29, 0.717) is 23.2 Å². The number of hydrogen-bond acceptors (Lipinski definition) is 6. The van der Waals surface area contributed by atoms with Crippen LogP contribution in [0.15, 0.2) is 11.6 Å². The molecule has 0 bridgehead atoms. The molecule has 9 heteroatoms. The van der Waals surface area contributed by atoms with Crippen molar-refractivity contribution in [2.75, 3.05) is 33.4 Å². The highest BCUT2D eigenvalue weighted by atomic mass is 16.5. The van der Waals surface area contributed by atoms with Crippen LogP contribution in [0.4, 0.5) is 0 Å². The van der Waals surface area contributed by atoms with Crippen molar-refractivity contribution >= 4 is 17.7 Å². The second-order valence-corrected chi connectivity index (χ2v) is 18.8. The number of nitrogens with two attached hydrogens (primary N) is 1. The van der Waals surface area contributed by atoms with Gasteiger partial charge in [-0.2, -0.15) is 0 Å². The number of carbonyl (C=O) groups excluding carboxylic acids is 3. The maximum absolute atomic E-state index is 12.3. The molecule has 9 nitrogen and oxygen atoms in total. The number of fused-ring (bicyclic) bond motifs is 5. The van der Waals surface area contributed by atoms with Gasteiger partial charge in [0.25, 0.3) is 0 Å². The predicted molar refractivity (Wildman–Crippen MR) is 229 cm³/mol. The molecule has 0 saturated heterocycles. The Morgan fingerprint density at radius 3 is 2.22 bits per heavy atom. The van der Waals surface area contributed by atoms with Gasteiger partial charge in [0.15, 0.2) is 0 Å². The smallest absolute Gasteiger partial charge is 0.246 e. The van der Waals surface area contributed by atoms with Crippen LogP contribution in [0, 0.1) is 46.3 Å². The first-order valence-corrected chi connectivity index (χ1v) is 22.3. The number of amides is 3. The summed E-state index contributed by atoms with van der Waals surface area (Å²) >= 11 is 0. The van der Waals surface area contributed by atoms with Crippen molar-refractivity contribution < 1.29 is 24.2 Å². The number of aliphatic hydroxyl groups is 1. The fourth-order valence-electron chi connectivity index (χ4n) is 9.96. The number of rotatable bonds is 17. The lowest BCUT2D eigenvalue weighted by atomic mass is 9.47. The van der Waals surface area contributed by atoms with E-state index in [-0.39, 0.29) is 43.6 Å². The fraction of sp³-hybridized carbons (Fsp3) is 0.891. The maximum atomic E-state index is 12.3. The molecule has 3 fully saturated rings. The van der Waals surface area contributed by atoms with E-state index in [2.05, 4.69) is 70.5 Å². The lowest BCUT2D eigenvalue weighted by molar-refractivity contribution is -0.131. The minimum Gasteiger partial charge on any atom is -0.394 e. The largest absolute Gasteiger partial charge is 0.394 e. The standard InChI is InChI=1S/C32H55NO3.C9H19NO.C3H8N2O.C2H6/c1-22(2)9-7-8-10-23-12-14-27-26-13-11-24-19-25(36-20-29(35)33-30(3,4)21-34)15-17-32(24,6)28(26)16-18-31(23,27)5;1-4-5-6-10-9(11)7-8(2)3;1-5-2-3(4)6;1-2/h11,22-23,25-28,34H,7-10,12-21H2,1-6H3,(H,33,35);8H,4-7H2,1-3H3,(H,10,11);5H,2H2,1H3,(H2,4,6);1-2H3. The van der Waals surface area contributed by atoms with E-state index in [1.54, 1.807) is 12.6 Å². The van der Waals surface area contributed by atoms with Crippen LogP contribution in [0.2, 0.25) is 0 Å². The molecule has 0 aromatic rings. The molecule has 0 aliphatic heterocycles. The molecule has 4 aliphatic carbocycles. The number of likely N-dealkylation sites (N-methyl/N-ethyl adjacent to an activating group) is 1. The zero-order valence-corrected chi connectivity index (χ0v) is 37.7. The second-order valence-electron chi connectivity index (χ2n) is 18.8. The van der Waals surface area contributed by atoms with Gasteiger partial charge in [0.2, 0.25) is 17.7 Å². The fourth-order valence-corrected chi connectivity index (χ4v) is 9.96. The Labute approximate surface area is 338 Å². The van der Waals surface area contributed by atoms with Gasteiger partial charge in [-0.1, -0.05) is 99.6 Å². The van der Waals surface area contributed by atoms with Crippen LogP contribution < -0.4 is 21.7 Å². The summed E-state index contributed by atoms with van der Waals surface area (Å²) in [7, 11) is 1.67. The zero-order chi connectivity index (χ0) is 41.8. The Hall–Kier alpha value is -1.97. The lowest BCUT2D eigenvalue weighted by Gasteiger charge is -2.58. The van der Waals surface area contributed by atoms with Crippen molar-refractivity contribution in [3.8, 4) is 0 Å². The highest BCUT2D eigenvalue weighted by Gasteiger charge is 2.58. The van der Waals surface area contributed by atoms with Crippen molar-refractivity contribution in [3.63, 3.8) is 0 Å². The summed E-state index contributed by atoms with van der Waals surface area (Å²) in [6.07, 6.45) is 21.5. The Morgan fingerprint density at radius 1 is 0.964 bits per heavy atom. The molecular formula is C46H88N4O5. The zero-order valence-electron chi connectivity index (χ0n) is 37.7. The lowest BCUT2D eigenvalue weighted by Crippen LogP contribution is -2.51. The van der Waals surface area contributed by atoms with Crippen LogP contribution in [-0.4, -0.2) is 67.8 Å². The van der Waals surface area contributed by atoms with E-state index < -0.39 is 5.54 Å². The predicted octanol–water partition coefficient (Wildman–Crippen LogP) is 8.72. The van der Waals surface area contributed by atoms with E-state index in [4.69, 9.17) is 10.5 Å². The van der Waals surface area contributed by atoms with Gasteiger partial charge in [-0.25, -0.2) is 0 Å². The third kappa shape index (κ3) is 16.8. The molecule has 3 amide bonds. The second kappa shape index (κ2) is 25.4. The monoisotopic (exact) mass is 777 g/mol. The summed E-state index contributed by atoms with van der Waals surface area (Å²) in [4.78, 5) is 33.1. The van der Waals surface area contributed by atoms with Gasteiger partial charge in [-0.3, -0.25) is 14.4 Å². The third-order valence-corrected chi connectivity index (χ3v) is 13.0. The summed E-state index contributed by atoms with van der Waals surface area (Å²) in [5.41, 5.74) is 6.60. The van der Waals surface area contributed by atoms with Crippen molar-refractivity contribution in [3.05, 3.63) is 11.6 Å². The van der Waals surface area contributed by atoms with Crippen LogP contribution in [0.25, 0.3) is 0 Å². The summed E-state index contributed by atoms with van der Waals surface area (Å²) in [5, 5.41) is 17.7. The third-order valence-electron chi connectivity index (χ3n) is 13.0. The Morgan fingerprint density at radius 2 is 1.65 bits per heavy atom. The van der Waals surface area contributed by atoms with Crippen LogP contribution in [0.5, 0.6) is 0 Å². The quantitative estimate of drug-likeness (QED) is 0.0739. The van der Waals surface area contributed by atoms with Crippen molar-refractivity contribution in [1.29, 1.82) is 0 Å². The van der Waals surface area contributed by atoms with E-state index in [1.807, 2.05) is 27.7 Å². The molecule has 55 heavy (non-hydrogen) atoms. The van der Waals surface area contributed by atoms with Crippen LogP contribution in [0.3, 0.4) is 0 Å². The van der Waals surface area contributed by atoms with Crippen LogP contribution in [-0.2, 0) is 19.1 Å². The molecule has 0 aromatic carbocycles. The van der Waals surface area contributed by atoms with Crippen LogP contribution >= 0.6 is 0 Å². The van der Waals surface area contributed by atoms with E-state index in [0.717, 1.165) is 61.8 Å². The minimum absolute atomic E-state index is 0.0745. The first-order chi connectivity index (χ1) is 25.9. The van der Waals surface area contributed by atoms with Gasteiger partial charge in [-0.05, 0) is 131 Å². The number of nitrogens with one attached hydrogen (secondary N) is 3. The van der Waals surface area contributed by atoms with E-state index in [1.165, 1.54) is 64.2 Å². The summed E-state index contributed by atoms with van der Waals surface area (Å²) in [6.45, 7) is 24.9. The Kier molecular flexibility index (Phi) is 23.6. The number of hydrogen-bond donors (Lipinski definition) is 5. The number of ether oxygens (including phenoxy) is 1. The number of aliphatic hydroxyl groups excluding tert-OH is 1. The molecule has 7 atom stereocenters. The highest BCUT2D eigenvalue weighted by Crippen LogP contribution is 2.66. The maximum Gasteiger partial charge on any atom is 0.246 e. The minimum atomic E-state index is -0.602.